The average Bonchev–Trinajstić information content (AvgIpc) is 2.67. The van der Waals surface area contributed by atoms with Crippen LogP contribution >= 0.6 is 0 Å². The van der Waals surface area contributed by atoms with Crippen LogP contribution in [0.3, 0.4) is 0 Å². The van der Waals surface area contributed by atoms with Crippen molar-refractivity contribution in [1.82, 2.24) is 9.71 Å². The van der Waals surface area contributed by atoms with Crippen LogP contribution in [0.15, 0.2) is 42.6 Å². The second kappa shape index (κ2) is 8.27. The van der Waals surface area contributed by atoms with Gasteiger partial charge in [-0.05, 0) is 38.5 Å². The molecule has 2 heterocycles. The molecular formula is C20H28N4O2S. The van der Waals surface area contributed by atoms with Gasteiger partial charge in [0, 0.05) is 50.2 Å². The molecule has 1 aromatic heterocycles. The number of hydrogen-bond donors (Lipinski definition) is 1. The summed E-state index contributed by atoms with van der Waals surface area (Å²) in [5, 5.41) is -0.449. The Hall–Kier alpha value is -2.12. The molecule has 0 amide bonds. The van der Waals surface area contributed by atoms with Crippen LogP contribution in [0.25, 0.3) is 0 Å². The van der Waals surface area contributed by atoms with Gasteiger partial charge in [0.1, 0.15) is 5.82 Å². The number of rotatable bonds is 6. The minimum atomic E-state index is -3.30. The molecule has 1 aromatic carbocycles. The first kappa shape index (κ1) is 19.6. The van der Waals surface area contributed by atoms with Crippen LogP contribution in [0, 0.1) is 6.92 Å². The fourth-order valence-corrected chi connectivity index (χ4v) is 3.97. The van der Waals surface area contributed by atoms with E-state index in [2.05, 4.69) is 50.7 Å². The van der Waals surface area contributed by atoms with Gasteiger partial charge in [0.2, 0.25) is 10.0 Å². The van der Waals surface area contributed by atoms with Crippen LogP contribution in [-0.4, -0.2) is 44.8 Å². The Morgan fingerprint density at radius 1 is 1.04 bits per heavy atom. The molecule has 1 fully saturated rings. The summed E-state index contributed by atoms with van der Waals surface area (Å²) in [6, 6.07) is 12.2. The van der Waals surface area contributed by atoms with Crippen LogP contribution in [0.5, 0.6) is 0 Å². The monoisotopic (exact) mass is 388 g/mol. The number of aromatic nitrogens is 1. The van der Waals surface area contributed by atoms with E-state index in [0.29, 0.717) is 0 Å². The normalized spacial score (nSPS) is 15.4. The van der Waals surface area contributed by atoms with E-state index in [1.54, 1.807) is 20.0 Å². The van der Waals surface area contributed by atoms with Crippen LogP contribution in [0.4, 0.5) is 11.5 Å². The lowest BCUT2D eigenvalue weighted by molar-refractivity contribution is 0.571. The number of benzene rings is 1. The molecule has 3 rings (SSSR count). The number of para-hydroxylation sites is 1. The summed E-state index contributed by atoms with van der Waals surface area (Å²) in [5.74, 6) is 0.869. The van der Waals surface area contributed by atoms with Gasteiger partial charge in [0.25, 0.3) is 0 Å². The summed E-state index contributed by atoms with van der Waals surface area (Å²) in [5.41, 5.74) is 3.47. The molecular weight excluding hydrogens is 360 g/mol. The summed E-state index contributed by atoms with van der Waals surface area (Å²) >= 11 is 0. The number of aryl methyl sites for hydroxylation is 1. The second-order valence-corrected chi connectivity index (χ2v) is 9.48. The van der Waals surface area contributed by atoms with E-state index in [1.165, 1.54) is 11.3 Å². The largest absolute Gasteiger partial charge is 0.368 e. The molecule has 0 unspecified atom stereocenters. The average molecular weight is 389 g/mol. The summed E-state index contributed by atoms with van der Waals surface area (Å²) in [7, 11) is -3.30. The topological polar surface area (TPSA) is 65.5 Å². The molecule has 0 radical (unpaired) electrons. The van der Waals surface area contributed by atoms with Crippen molar-refractivity contribution in [2.75, 3.05) is 36.0 Å². The molecule has 27 heavy (non-hydrogen) atoms. The maximum absolute atomic E-state index is 12.1. The molecule has 7 heteroatoms. The lowest BCUT2D eigenvalue weighted by atomic mass is 10.1. The minimum Gasteiger partial charge on any atom is -0.368 e. The number of nitrogens with zero attached hydrogens (tertiary/aromatic N) is 3. The highest BCUT2D eigenvalue weighted by molar-refractivity contribution is 7.90. The predicted octanol–water partition coefficient (Wildman–Crippen LogP) is 2.54. The Morgan fingerprint density at radius 3 is 2.37 bits per heavy atom. The van der Waals surface area contributed by atoms with E-state index in [0.717, 1.165) is 37.6 Å². The number of anilines is 2. The first-order chi connectivity index (χ1) is 12.9. The van der Waals surface area contributed by atoms with Crippen LogP contribution in [-0.2, 0) is 16.6 Å². The Bertz CT molecular complexity index is 875. The lowest BCUT2D eigenvalue weighted by Gasteiger charge is -2.38. The summed E-state index contributed by atoms with van der Waals surface area (Å²) in [6.45, 7) is 9.30. The maximum Gasteiger partial charge on any atom is 0.214 e. The predicted molar refractivity (Wildman–Crippen MR) is 111 cm³/mol. The third-order valence-electron chi connectivity index (χ3n) is 4.99. The van der Waals surface area contributed by atoms with Gasteiger partial charge < -0.3 is 9.80 Å². The third-order valence-corrected chi connectivity index (χ3v) is 6.78. The van der Waals surface area contributed by atoms with Crippen LogP contribution < -0.4 is 14.5 Å². The van der Waals surface area contributed by atoms with Crippen molar-refractivity contribution in [2.45, 2.75) is 32.6 Å². The standard InChI is InChI=1S/C20H28N4O2S/c1-16(2)27(25,26)22-15-18-8-6-10-21-20(18)24-13-11-23(12-14-24)19-9-5-4-7-17(19)3/h4-10,16,22H,11-15H2,1-3H3. The van der Waals surface area contributed by atoms with Crippen molar-refractivity contribution in [3.05, 3.63) is 53.7 Å². The molecule has 0 bridgehead atoms. The zero-order valence-electron chi connectivity index (χ0n) is 16.2. The molecule has 6 nitrogen and oxygen atoms in total. The quantitative estimate of drug-likeness (QED) is 0.824. The van der Waals surface area contributed by atoms with Gasteiger partial charge in [-0.25, -0.2) is 18.1 Å². The van der Waals surface area contributed by atoms with Crippen molar-refractivity contribution in [2.24, 2.45) is 0 Å². The summed E-state index contributed by atoms with van der Waals surface area (Å²) in [6.07, 6.45) is 1.77. The van der Waals surface area contributed by atoms with Crippen molar-refractivity contribution in [3.63, 3.8) is 0 Å². The molecule has 0 saturated carbocycles. The van der Waals surface area contributed by atoms with Gasteiger partial charge in [-0.3, -0.25) is 0 Å². The van der Waals surface area contributed by atoms with Crippen LogP contribution in [0.1, 0.15) is 25.0 Å². The van der Waals surface area contributed by atoms with Crippen molar-refractivity contribution < 1.29 is 8.42 Å². The number of piperazine rings is 1. The molecule has 1 saturated heterocycles. The molecule has 0 aliphatic carbocycles. The molecule has 146 valence electrons. The fourth-order valence-electron chi connectivity index (χ4n) is 3.28. The van der Waals surface area contributed by atoms with Crippen LogP contribution in [0.2, 0.25) is 0 Å². The third kappa shape index (κ3) is 4.59. The van der Waals surface area contributed by atoms with Gasteiger partial charge in [0.05, 0.1) is 5.25 Å². The van der Waals surface area contributed by atoms with Gasteiger partial charge in [-0.2, -0.15) is 0 Å². The number of sulfonamides is 1. The van der Waals surface area contributed by atoms with Crippen molar-refractivity contribution in [1.29, 1.82) is 0 Å². The highest BCUT2D eigenvalue weighted by Crippen LogP contribution is 2.24. The Kier molecular flexibility index (Phi) is 6.01. The Morgan fingerprint density at radius 2 is 1.70 bits per heavy atom. The number of nitrogens with one attached hydrogen (secondary N) is 1. The van der Waals surface area contributed by atoms with Gasteiger partial charge in [-0.15, -0.1) is 0 Å². The number of hydrogen-bond acceptors (Lipinski definition) is 5. The molecule has 1 N–H and O–H groups in total. The molecule has 1 aliphatic rings. The molecule has 1 aliphatic heterocycles. The minimum absolute atomic E-state index is 0.266. The van der Waals surface area contributed by atoms with Gasteiger partial charge in [0.15, 0.2) is 0 Å². The van der Waals surface area contributed by atoms with Gasteiger partial charge >= 0.3 is 0 Å². The first-order valence-electron chi connectivity index (χ1n) is 9.36. The van der Waals surface area contributed by atoms with Crippen molar-refractivity contribution in [3.8, 4) is 0 Å². The zero-order chi connectivity index (χ0) is 19.4. The van der Waals surface area contributed by atoms with E-state index in [4.69, 9.17) is 0 Å². The molecule has 0 spiro atoms. The fraction of sp³-hybridized carbons (Fsp3) is 0.450. The van der Waals surface area contributed by atoms with E-state index >= 15 is 0 Å². The van der Waals surface area contributed by atoms with E-state index in [9.17, 15) is 8.42 Å². The first-order valence-corrected chi connectivity index (χ1v) is 10.9. The second-order valence-electron chi connectivity index (χ2n) is 7.16. The van der Waals surface area contributed by atoms with Crippen molar-refractivity contribution >= 4 is 21.5 Å². The van der Waals surface area contributed by atoms with Gasteiger partial charge in [-0.1, -0.05) is 24.3 Å². The number of pyridine rings is 1. The maximum atomic E-state index is 12.1. The summed E-state index contributed by atoms with van der Waals surface area (Å²) < 4.78 is 26.8. The Balaban J connectivity index is 1.69. The zero-order valence-corrected chi connectivity index (χ0v) is 17.0. The lowest BCUT2D eigenvalue weighted by Crippen LogP contribution is -2.47. The molecule has 0 atom stereocenters. The summed E-state index contributed by atoms with van der Waals surface area (Å²) in [4.78, 5) is 9.18. The highest BCUT2D eigenvalue weighted by atomic mass is 32.2. The SMILES string of the molecule is Cc1ccccc1N1CCN(c2ncccc2CNS(=O)(=O)C(C)C)CC1. The highest BCUT2D eigenvalue weighted by Gasteiger charge is 2.22. The van der Waals surface area contributed by atoms with E-state index < -0.39 is 15.3 Å². The smallest absolute Gasteiger partial charge is 0.214 e. The molecule has 2 aromatic rings. The van der Waals surface area contributed by atoms with E-state index in [1.807, 2.05) is 12.1 Å². The Labute approximate surface area is 162 Å². The van der Waals surface area contributed by atoms with E-state index in [-0.39, 0.29) is 6.54 Å².